The van der Waals surface area contributed by atoms with Crippen LogP contribution in [0.5, 0.6) is 0 Å². The van der Waals surface area contributed by atoms with Gasteiger partial charge in [-0.1, -0.05) is 29.8 Å². The fraction of sp³-hybridized carbons (Fsp3) is 0.400. The van der Waals surface area contributed by atoms with Crippen LogP contribution in [-0.4, -0.2) is 47.8 Å². The van der Waals surface area contributed by atoms with Crippen LogP contribution in [0.4, 0.5) is 0 Å². The number of thiophene rings is 1. The fourth-order valence-electron chi connectivity index (χ4n) is 3.15. The molecule has 0 atom stereocenters. The molecule has 138 valence electrons. The summed E-state index contributed by atoms with van der Waals surface area (Å²) in [6.07, 6.45) is 2.55. The molecule has 1 aliphatic heterocycles. The second kappa shape index (κ2) is 9.19. The molecule has 3 rings (SSSR count). The van der Waals surface area contributed by atoms with E-state index in [1.165, 1.54) is 4.88 Å². The van der Waals surface area contributed by atoms with E-state index in [1.54, 1.807) is 23.5 Å². The summed E-state index contributed by atoms with van der Waals surface area (Å²) in [5, 5.41) is 2.71. The number of hydrogen-bond acceptors (Lipinski definition) is 3. The molecule has 1 saturated heterocycles. The Balaban J connectivity index is 1.48. The third kappa shape index (κ3) is 5.32. The summed E-state index contributed by atoms with van der Waals surface area (Å²) >= 11 is 7.58. The molecule has 26 heavy (non-hydrogen) atoms. The highest BCUT2D eigenvalue weighted by atomic mass is 35.5. The van der Waals surface area contributed by atoms with Crippen LogP contribution in [0.1, 0.15) is 23.3 Å². The van der Waals surface area contributed by atoms with E-state index in [1.807, 2.05) is 33.4 Å². The number of carbonyl (C=O) groups is 2. The lowest BCUT2D eigenvalue weighted by Gasteiger charge is -2.22. The van der Waals surface area contributed by atoms with Crippen LogP contribution in [0.2, 0.25) is 5.02 Å². The van der Waals surface area contributed by atoms with Crippen molar-refractivity contribution in [2.24, 2.45) is 0 Å². The van der Waals surface area contributed by atoms with Gasteiger partial charge in [0.1, 0.15) is 0 Å². The number of halogens is 1. The smallest absolute Gasteiger partial charge is 0.227 e. The lowest BCUT2D eigenvalue weighted by molar-refractivity contribution is -0.133. The van der Waals surface area contributed by atoms with Crippen molar-refractivity contribution in [3.05, 3.63) is 57.2 Å². The zero-order valence-corrected chi connectivity index (χ0v) is 16.3. The first kappa shape index (κ1) is 18.9. The molecule has 0 N–H and O–H groups in total. The SMILES string of the molecule is O=C(CCc1cccs1)N1CCCN(C(=O)Cc2ccc(Cl)cc2)CC1. The second-order valence-electron chi connectivity index (χ2n) is 6.50. The molecular weight excluding hydrogens is 368 g/mol. The van der Waals surface area contributed by atoms with Crippen LogP contribution in [-0.2, 0) is 22.4 Å². The van der Waals surface area contributed by atoms with E-state index in [2.05, 4.69) is 6.07 Å². The number of nitrogens with zero attached hydrogens (tertiary/aromatic N) is 2. The molecule has 0 unspecified atom stereocenters. The van der Waals surface area contributed by atoms with Gasteiger partial charge < -0.3 is 9.80 Å². The number of rotatable bonds is 5. The molecule has 1 aliphatic rings. The van der Waals surface area contributed by atoms with Gasteiger partial charge in [-0.05, 0) is 42.0 Å². The highest BCUT2D eigenvalue weighted by Gasteiger charge is 2.22. The maximum absolute atomic E-state index is 12.6. The van der Waals surface area contributed by atoms with Crippen molar-refractivity contribution >= 4 is 34.8 Å². The van der Waals surface area contributed by atoms with Crippen molar-refractivity contribution in [3.63, 3.8) is 0 Å². The standard InChI is InChI=1S/C20H23ClN2O2S/c21-17-6-4-16(5-7-17)15-20(25)23-11-2-10-22(12-13-23)19(24)9-8-18-3-1-14-26-18/h1,3-7,14H,2,8-13,15H2. The molecule has 2 amide bonds. The molecule has 1 aromatic carbocycles. The summed E-state index contributed by atoms with van der Waals surface area (Å²) < 4.78 is 0. The minimum absolute atomic E-state index is 0.111. The van der Waals surface area contributed by atoms with Gasteiger partial charge in [0.2, 0.25) is 11.8 Å². The zero-order chi connectivity index (χ0) is 18.4. The number of carbonyl (C=O) groups excluding carboxylic acids is 2. The molecule has 1 fully saturated rings. The number of benzene rings is 1. The summed E-state index contributed by atoms with van der Waals surface area (Å²) in [6, 6.07) is 11.5. The van der Waals surface area contributed by atoms with Gasteiger partial charge in [0.25, 0.3) is 0 Å². The van der Waals surface area contributed by atoms with Crippen LogP contribution < -0.4 is 0 Å². The first-order valence-electron chi connectivity index (χ1n) is 8.94. The summed E-state index contributed by atoms with van der Waals surface area (Å²) in [5.41, 5.74) is 0.965. The molecule has 1 aromatic heterocycles. The van der Waals surface area contributed by atoms with Gasteiger partial charge >= 0.3 is 0 Å². The van der Waals surface area contributed by atoms with Gasteiger partial charge in [-0.2, -0.15) is 0 Å². The summed E-state index contributed by atoms with van der Waals surface area (Å²) in [7, 11) is 0. The van der Waals surface area contributed by atoms with Crippen molar-refractivity contribution in [1.29, 1.82) is 0 Å². The third-order valence-electron chi connectivity index (χ3n) is 4.64. The van der Waals surface area contributed by atoms with Crippen LogP contribution in [0, 0.1) is 0 Å². The minimum Gasteiger partial charge on any atom is -0.341 e. The Morgan fingerprint density at radius 1 is 0.962 bits per heavy atom. The quantitative estimate of drug-likeness (QED) is 0.782. The van der Waals surface area contributed by atoms with Crippen LogP contribution in [0.15, 0.2) is 41.8 Å². The van der Waals surface area contributed by atoms with E-state index in [0.717, 1.165) is 24.9 Å². The van der Waals surface area contributed by atoms with Gasteiger partial charge in [0.05, 0.1) is 6.42 Å². The topological polar surface area (TPSA) is 40.6 Å². The molecule has 0 radical (unpaired) electrons. The summed E-state index contributed by atoms with van der Waals surface area (Å²) in [5.74, 6) is 0.297. The van der Waals surface area contributed by atoms with Crippen molar-refractivity contribution in [2.75, 3.05) is 26.2 Å². The van der Waals surface area contributed by atoms with Gasteiger partial charge in [-0.3, -0.25) is 9.59 Å². The van der Waals surface area contributed by atoms with E-state index in [0.29, 0.717) is 37.5 Å². The molecular formula is C20H23ClN2O2S. The molecule has 0 aliphatic carbocycles. The average Bonchev–Trinajstić information content (AvgIpc) is 3.04. The zero-order valence-electron chi connectivity index (χ0n) is 14.7. The van der Waals surface area contributed by atoms with Gasteiger partial charge in [0, 0.05) is 42.5 Å². The Morgan fingerprint density at radius 3 is 2.31 bits per heavy atom. The van der Waals surface area contributed by atoms with Gasteiger partial charge in [-0.25, -0.2) is 0 Å². The summed E-state index contributed by atoms with van der Waals surface area (Å²) in [4.78, 5) is 30.0. The molecule has 6 heteroatoms. The van der Waals surface area contributed by atoms with Gasteiger partial charge in [0.15, 0.2) is 0 Å². The van der Waals surface area contributed by atoms with Crippen molar-refractivity contribution in [2.45, 2.75) is 25.7 Å². The summed E-state index contributed by atoms with van der Waals surface area (Å²) in [6.45, 7) is 2.67. The van der Waals surface area contributed by atoms with Crippen LogP contribution in [0.25, 0.3) is 0 Å². The van der Waals surface area contributed by atoms with E-state index in [4.69, 9.17) is 11.6 Å². The first-order valence-corrected chi connectivity index (χ1v) is 10.2. The van der Waals surface area contributed by atoms with Crippen LogP contribution in [0.3, 0.4) is 0 Å². The molecule has 2 aromatic rings. The average molecular weight is 391 g/mol. The third-order valence-corrected chi connectivity index (χ3v) is 5.82. The molecule has 0 bridgehead atoms. The normalized spacial score (nSPS) is 15.0. The lowest BCUT2D eigenvalue weighted by Crippen LogP contribution is -2.38. The van der Waals surface area contributed by atoms with E-state index < -0.39 is 0 Å². The van der Waals surface area contributed by atoms with Crippen molar-refractivity contribution < 1.29 is 9.59 Å². The number of hydrogen-bond donors (Lipinski definition) is 0. The second-order valence-corrected chi connectivity index (χ2v) is 7.97. The Labute approximate surface area is 163 Å². The molecule has 4 nitrogen and oxygen atoms in total. The molecule has 2 heterocycles. The Kier molecular flexibility index (Phi) is 6.69. The highest BCUT2D eigenvalue weighted by molar-refractivity contribution is 7.09. The van der Waals surface area contributed by atoms with E-state index in [-0.39, 0.29) is 11.8 Å². The minimum atomic E-state index is 0.111. The maximum Gasteiger partial charge on any atom is 0.227 e. The fourth-order valence-corrected chi connectivity index (χ4v) is 3.98. The Bertz CT molecular complexity index is 731. The van der Waals surface area contributed by atoms with Crippen LogP contribution >= 0.6 is 22.9 Å². The predicted molar refractivity (Wildman–Crippen MR) is 106 cm³/mol. The monoisotopic (exact) mass is 390 g/mol. The molecule has 0 saturated carbocycles. The van der Waals surface area contributed by atoms with E-state index >= 15 is 0 Å². The lowest BCUT2D eigenvalue weighted by atomic mass is 10.1. The number of aryl methyl sites for hydroxylation is 1. The largest absolute Gasteiger partial charge is 0.341 e. The van der Waals surface area contributed by atoms with Gasteiger partial charge in [-0.15, -0.1) is 11.3 Å². The highest BCUT2D eigenvalue weighted by Crippen LogP contribution is 2.14. The van der Waals surface area contributed by atoms with E-state index in [9.17, 15) is 9.59 Å². The van der Waals surface area contributed by atoms with Crippen molar-refractivity contribution in [1.82, 2.24) is 9.80 Å². The van der Waals surface area contributed by atoms with Crippen molar-refractivity contribution in [3.8, 4) is 0 Å². The Morgan fingerprint density at radius 2 is 1.65 bits per heavy atom. The Hall–Kier alpha value is -1.85. The molecule has 0 spiro atoms. The maximum atomic E-state index is 12.6. The predicted octanol–water partition coefficient (Wildman–Crippen LogP) is 3.64. The number of amides is 2. The first-order chi connectivity index (χ1) is 12.6.